The SMILES string of the molecule is COCC(C)NCc1c(O)cccc1Cl. The molecule has 3 nitrogen and oxygen atoms in total. The third-order valence-electron chi connectivity index (χ3n) is 2.14. The second kappa shape index (κ2) is 5.95. The van der Waals surface area contributed by atoms with Crippen molar-refractivity contribution in [3.8, 4) is 5.75 Å². The lowest BCUT2D eigenvalue weighted by molar-refractivity contribution is 0.171. The Morgan fingerprint density at radius 3 is 2.87 bits per heavy atom. The van der Waals surface area contributed by atoms with Crippen molar-refractivity contribution in [1.29, 1.82) is 0 Å². The van der Waals surface area contributed by atoms with Gasteiger partial charge in [0.25, 0.3) is 0 Å². The summed E-state index contributed by atoms with van der Waals surface area (Å²) in [7, 11) is 1.66. The summed E-state index contributed by atoms with van der Waals surface area (Å²) in [6, 6.07) is 5.34. The van der Waals surface area contributed by atoms with Crippen LogP contribution in [-0.4, -0.2) is 24.9 Å². The third kappa shape index (κ3) is 3.70. The van der Waals surface area contributed by atoms with Gasteiger partial charge in [-0.05, 0) is 19.1 Å². The normalized spacial score (nSPS) is 12.7. The van der Waals surface area contributed by atoms with Crippen LogP contribution < -0.4 is 5.32 Å². The molecule has 4 heteroatoms. The molecular formula is C11H16ClNO2. The highest BCUT2D eigenvalue weighted by Crippen LogP contribution is 2.24. The quantitative estimate of drug-likeness (QED) is 0.813. The molecule has 0 aromatic heterocycles. The van der Waals surface area contributed by atoms with Crippen LogP contribution in [-0.2, 0) is 11.3 Å². The van der Waals surface area contributed by atoms with E-state index in [1.807, 2.05) is 6.92 Å². The van der Waals surface area contributed by atoms with Crippen molar-refractivity contribution in [3.05, 3.63) is 28.8 Å². The van der Waals surface area contributed by atoms with Crippen LogP contribution in [0.25, 0.3) is 0 Å². The number of ether oxygens (including phenoxy) is 1. The molecule has 1 aromatic carbocycles. The van der Waals surface area contributed by atoms with Gasteiger partial charge in [-0.15, -0.1) is 0 Å². The molecule has 0 spiro atoms. The fraction of sp³-hybridized carbons (Fsp3) is 0.455. The molecule has 0 radical (unpaired) electrons. The van der Waals surface area contributed by atoms with Crippen molar-refractivity contribution in [1.82, 2.24) is 5.32 Å². The van der Waals surface area contributed by atoms with E-state index in [-0.39, 0.29) is 11.8 Å². The van der Waals surface area contributed by atoms with E-state index >= 15 is 0 Å². The van der Waals surface area contributed by atoms with Gasteiger partial charge in [0.1, 0.15) is 5.75 Å². The Labute approximate surface area is 95.0 Å². The summed E-state index contributed by atoms with van der Waals surface area (Å²) < 4.78 is 4.99. The van der Waals surface area contributed by atoms with E-state index in [4.69, 9.17) is 16.3 Å². The van der Waals surface area contributed by atoms with Crippen LogP contribution in [0.4, 0.5) is 0 Å². The number of hydrogen-bond acceptors (Lipinski definition) is 3. The van der Waals surface area contributed by atoms with Crippen LogP contribution in [0.15, 0.2) is 18.2 Å². The molecular weight excluding hydrogens is 214 g/mol. The summed E-state index contributed by atoms with van der Waals surface area (Å²) in [4.78, 5) is 0. The van der Waals surface area contributed by atoms with E-state index in [0.29, 0.717) is 18.2 Å². The highest BCUT2D eigenvalue weighted by molar-refractivity contribution is 6.31. The highest BCUT2D eigenvalue weighted by Gasteiger charge is 2.07. The summed E-state index contributed by atoms with van der Waals surface area (Å²) in [6.45, 7) is 3.18. The molecule has 1 aromatic rings. The predicted molar refractivity (Wildman–Crippen MR) is 61.3 cm³/mol. The molecule has 1 unspecified atom stereocenters. The molecule has 84 valence electrons. The molecule has 0 aliphatic rings. The molecule has 0 amide bonds. The number of halogens is 1. The topological polar surface area (TPSA) is 41.5 Å². The van der Waals surface area contributed by atoms with Gasteiger partial charge in [-0.1, -0.05) is 17.7 Å². The van der Waals surface area contributed by atoms with Gasteiger partial charge >= 0.3 is 0 Å². The summed E-state index contributed by atoms with van der Waals surface area (Å²) in [5.41, 5.74) is 0.724. The summed E-state index contributed by atoms with van der Waals surface area (Å²) >= 11 is 5.96. The minimum atomic E-state index is 0.222. The number of nitrogens with one attached hydrogen (secondary N) is 1. The molecule has 0 heterocycles. The van der Waals surface area contributed by atoms with Gasteiger partial charge in [0.05, 0.1) is 6.61 Å². The fourth-order valence-corrected chi connectivity index (χ4v) is 1.54. The standard InChI is InChI=1S/C11H16ClNO2/c1-8(7-15-2)13-6-9-10(12)4-3-5-11(9)14/h3-5,8,13-14H,6-7H2,1-2H3. The molecule has 0 saturated heterocycles. The minimum Gasteiger partial charge on any atom is -0.508 e. The Hall–Kier alpha value is -0.770. The van der Waals surface area contributed by atoms with Crippen LogP contribution in [0.5, 0.6) is 5.75 Å². The van der Waals surface area contributed by atoms with E-state index in [0.717, 1.165) is 5.56 Å². The lowest BCUT2D eigenvalue weighted by Gasteiger charge is -2.14. The maximum Gasteiger partial charge on any atom is 0.121 e. The molecule has 1 atom stereocenters. The van der Waals surface area contributed by atoms with Crippen molar-refractivity contribution in [3.63, 3.8) is 0 Å². The van der Waals surface area contributed by atoms with Crippen molar-refractivity contribution in [2.75, 3.05) is 13.7 Å². The first kappa shape index (κ1) is 12.3. The minimum absolute atomic E-state index is 0.222. The van der Waals surface area contributed by atoms with Gasteiger partial charge in [-0.2, -0.15) is 0 Å². The Balaban J connectivity index is 2.57. The first-order valence-corrected chi connectivity index (χ1v) is 5.21. The molecule has 2 N–H and O–H groups in total. The molecule has 0 bridgehead atoms. The average molecular weight is 230 g/mol. The molecule has 0 aliphatic carbocycles. The number of hydrogen-bond donors (Lipinski definition) is 2. The predicted octanol–water partition coefficient (Wildman–Crippen LogP) is 2.17. The smallest absolute Gasteiger partial charge is 0.121 e. The van der Waals surface area contributed by atoms with Gasteiger partial charge in [-0.3, -0.25) is 0 Å². The maximum absolute atomic E-state index is 9.58. The fourth-order valence-electron chi connectivity index (χ4n) is 1.31. The van der Waals surface area contributed by atoms with E-state index in [1.165, 1.54) is 0 Å². The van der Waals surface area contributed by atoms with E-state index in [2.05, 4.69) is 5.32 Å². The second-order valence-corrected chi connectivity index (χ2v) is 3.88. The largest absolute Gasteiger partial charge is 0.508 e. The Morgan fingerprint density at radius 2 is 2.27 bits per heavy atom. The zero-order chi connectivity index (χ0) is 11.3. The molecule has 0 saturated carbocycles. The Morgan fingerprint density at radius 1 is 1.53 bits per heavy atom. The first-order chi connectivity index (χ1) is 7.15. The van der Waals surface area contributed by atoms with Crippen molar-refractivity contribution >= 4 is 11.6 Å². The monoisotopic (exact) mass is 229 g/mol. The van der Waals surface area contributed by atoms with Crippen LogP contribution >= 0.6 is 11.6 Å². The summed E-state index contributed by atoms with van der Waals surface area (Å²) in [6.07, 6.45) is 0. The van der Waals surface area contributed by atoms with Crippen LogP contribution in [0.3, 0.4) is 0 Å². The van der Waals surface area contributed by atoms with Crippen molar-refractivity contribution < 1.29 is 9.84 Å². The van der Waals surface area contributed by atoms with Crippen LogP contribution in [0, 0.1) is 0 Å². The zero-order valence-electron chi connectivity index (χ0n) is 8.96. The maximum atomic E-state index is 9.58. The zero-order valence-corrected chi connectivity index (χ0v) is 9.71. The number of methoxy groups -OCH3 is 1. The van der Waals surface area contributed by atoms with Gasteiger partial charge in [0.2, 0.25) is 0 Å². The number of aromatic hydroxyl groups is 1. The van der Waals surface area contributed by atoms with Gasteiger partial charge in [-0.25, -0.2) is 0 Å². The van der Waals surface area contributed by atoms with Crippen molar-refractivity contribution in [2.45, 2.75) is 19.5 Å². The van der Waals surface area contributed by atoms with Gasteiger partial charge < -0.3 is 15.2 Å². The van der Waals surface area contributed by atoms with Gasteiger partial charge in [0.15, 0.2) is 0 Å². The highest BCUT2D eigenvalue weighted by atomic mass is 35.5. The number of benzene rings is 1. The molecule has 1 rings (SSSR count). The third-order valence-corrected chi connectivity index (χ3v) is 2.49. The van der Waals surface area contributed by atoms with E-state index in [9.17, 15) is 5.11 Å². The average Bonchev–Trinajstić information content (AvgIpc) is 2.17. The second-order valence-electron chi connectivity index (χ2n) is 3.47. The number of phenolic OH excluding ortho intramolecular Hbond substituents is 1. The molecule has 0 fully saturated rings. The van der Waals surface area contributed by atoms with Crippen LogP contribution in [0.1, 0.15) is 12.5 Å². The Bertz CT molecular complexity index is 297. The van der Waals surface area contributed by atoms with E-state index < -0.39 is 0 Å². The Kier molecular flexibility index (Phi) is 4.88. The van der Waals surface area contributed by atoms with Crippen molar-refractivity contribution in [2.24, 2.45) is 0 Å². The van der Waals surface area contributed by atoms with E-state index in [1.54, 1.807) is 25.3 Å². The lowest BCUT2D eigenvalue weighted by Crippen LogP contribution is -2.29. The number of phenols is 1. The summed E-state index contributed by atoms with van der Waals surface area (Å²) in [5.74, 6) is 0.222. The number of rotatable bonds is 5. The molecule has 15 heavy (non-hydrogen) atoms. The summed E-state index contributed by atoms with van der Waals surface area (Å²) in [5, 5.41) is 13.4. The van der Waals surface area contributed by atoms with Gasteiger partial charge in [0, 0.05) is 30.3 Å². The van der Waals surface area contributed by atoms with Crippen LogP contribution in [0.2, 0.25) is 5.02 Å². The first-order valence-electron chi connectivity index (χ1n) is 4.83. The molecule has 0 aliphatic heterocycles. The lowest BCUT2D eigenvalue weighted by atomic mass is 10.2.